The fraction of sp³-hybridized carbons (Fsp3) is 0.423. The predicted octanol–water partition coefficient (Wildman–Crippen LogP) is 3.93. The number of hydrogen-bond donors (Lipinski definition) is 1. The molecule has 1 aromatic heterocycles. The van der Waals surface area contributed by atoms with Gasteiger partial charge in [0.1, 0.15) is 5.75 Å². The summed E-state index contributed by atoms with van der Waals surface area (Å²) in [6.45, 7) is 9.37. The lowest BCUT2D eigenvalue weighted by Gasteiger charge is -2.41. The molecule has 0 amide bonds. The summed E-state index contributed by atoms with van der Waals surface area (Å²) in [5, 5.41) is 10.9. The van der Waals surface area contributed by atoms with Gasteiger partial charge >= 0.3 is 0 Å². The molecule has 1 aliphatic heterocycles. The number of rotatable bonds is 7. The number of piperazine rings is 1. The molecule has 5 nitrogen and oxygen atoms in total. The van der Waals surface area contributed by atoms with Gasteiger partial charge in [0.05, 0.1) is 12.6 Å². The van der Waals surface area contributed by atoms with Gasteiger partial charge in [-0.05, 0) is 66.8 Å². The van der Waals surface area contributed by atoms with Crippen molar-refractivity contribution in [2.45, 2.75) is 39.4 Å². The topological polar surface area (TPSA) is 48.8 Å². The van der Waals surface area contributed by atoms with Crippen molar-refractivity contribution in [2.24, 2.45) is 0 Å². The molecule has 5 heteroatoms. The van der Waals surface area contributed by atoms with E-state index >= 15 is 0 Å². The standard InChI is InChI=1S/C26H33N3O2/c1-19-20(2)26(31-3)9-7-23(19)17-29-13-12-28(18-24(29)10-14-30)16-21-6-8-25-22(15-21)5-4-11-27-25/h4-9,11,15,24,30H,10,12-14,16-18H2,1-3H3/t24-/m0/s1. The molecule has 31 heavy (non-hydrogen) atoms. The number of aromatic nitrogens is 1. The molecule has 3 aromatic rings. The van der Waals surface area contributed by atoms with Gasteiger partial charge in [0.15, 0.2) is 0 Å². The van der Waals surface area contributed by atoms with E-state index in [1.165, 1.54) is 27.6 Å². The predicted molar refractivity (Wildman–Crippen MR) is 125 cm³/mol. The Kier molecular flexibility index (Phi) is 6.86. The van der Waals surface area contributed by atoms with E-state index < -0.39 is 0 Å². The highest BCUT2D eigenvalue weighted by atomic mass is 16.5. The normalized spacial score (nSPS) is 17.9. The number of fused-ring (bicyclic) bond motifs is 1. The molecule has 0 spiro atoms. The van der Waals surface area contributed by atoms with Crippen LogP contribution in [-0.4, -0.2) is 59.3 Å². The van der Waals surface area contributed by atoms with E-state index in [1.54, 1.807) is 7.11 Å². The largest absolute Gasteiger partial charge is 0.496 e. The maximum absolute atomic E-state index is 9.70. The van der Waals surface area contributed by atoms with Crippen LogP contribution in [0.5, 0.6) is 5.75 Å². The zero-order valence-corrected chi connectivity index (χ0v) is 18.8. The highest BCUT2D eigenvalue weighted by Gasteiger charge is 2.27. The molecule has 0 bridgehead atoms. The number of ether oxygens (including phenoxy) is 1. The average molecular weight is 420 g/mol. The Labute approximate surface area is 185 Å². The zero-order valence-electron chi connectivity index (χ0n) is 18.8. The number of hydrogen-bond acceptors (Lipinski definition) is 5. The molecular formula is C26H33N3O2. The van der Waals surface area contributed by atoms with Crippen LogP contribution in [0.25, 0.3) is 10.9 Å². The fourth-order valence-corrected chi connectivity index (χ4v) is 4.68. The second-order valence-electron chi connectivity index (χ2n) is 8.58. The van der Waals surface area contributed by atoms with Crippen molar-refractivity contribution in [3.05, 3.63) is 70.9 Å². The van der Waals surface area contributed by atoms with E-state index in [0.29, 0.717) is 6.04 Å². The average Bonchev–Trinajstić information content (AvgIpc) is 2.79. The van der Waals surface area contributed by atoms with E-state index in [9.17, 15) is 5.11 Å². The second kappa shape index (κ2) is 9.77. The van der Waals surface area contributed by atoms with E-state index in [1.807, 2.05) is 12.3 Å². The number of pyridine rings is 1. The lowest BCUT2D eigenvalue weighted by Crippen LogP contribution is -2.52. The molecule has 4 rings (SSSR count). The fourth-order valence-electron chi connectivity index (χ4n) is 4.68. The number of aliphatic hydroxyl groups excluding tert-OH is 1. The van der Waals surface area contributed by atoms with Gasteiger partial charge in [-0.1, -0.05) is 18.2 Å². The molecule has 0 unspecified atom stereocenters. The summed E-state index contributed by atoms with van der Waals surface area (Å²) in [6.07, 6.45) is 2.64. The van der Waals surface area contributed by atoms with Crippen molar-refractivity contribution in [3.63, 3.8) is 0 Å². The van der Waals surface area contributed by atoms with Gasteiger partial charge in [0.25, 0.3) is 0 Å². The third-order valence-electron chi connectivity index (χ3n) is 6.67. The quantitative estimate of drug-likeness (QED) is 0.629. The van der Waals surface area contributed by atoms with Gasteiger partial charge < -0.3 is 9.84 Å². The lowest BCUT2D eigenvalue weighted by molar-refractivity contribution is 0.0498. The number of methoxy groups -OCH3 is 1. The molecular weight excluding hydrogens is 386 g/mol. The molecule has 0 radical (unpaired) electrons. The summed E-state index contributed by atoms with van der Waals surface area (Å²) in [6, 6.07) is 15.3. The molecule has 0 aliphatic carbocycles. The first-order chi connectivity index (χ1) is 15.1. The van der Waals surface area contributed by atoms with Gasteiger partial charge in [-0.25, -0.2) is 0 Å². The molecule has 1 fully saturated rings. The monoisotopic (exact) mass is 419 g/mol. The number of aliphatic hydroxyl groups is 1. The van der Waals surface area contributed by atoms with Crippen LogP contribution < -0.4 is 4.74 Å². The minimum atomic E-state index is 0.220. The molecule has 2 heterocycles. The first-order valence-corrected chi connectivity index (χ1v) is 11.1. The van der Waals surface area contributed by atoms with Crippen LogP contribution in [0.3, 0.4) is 0 Å². The Hall–Kier alpha value is -2.47. The van der Waals surface area contributed by atoms with Crippen LogP contribution in [0, 0.1) is 13.8 Å². The minimum absolute atomic E-state index is 0.220. The maximum atomic E-state index is 9.70. The van der Waals surface area contributed by atoms with Crippen molar-refractivity contribution in [1.29, 1.82) is 0 Å². The third-order valence-corrected chi connectivity index (χ3v) is 6.67. The van der Waals surface area contributed by atoms with Gasteiger partial charge in [0, 0.05) is 57.0 Å². The molecule has 2 aromatic carbocycles. The first-order valence-electron chi connectivity index (χ1n) is 11.1. The Morgan fingerprint density at radius 2 is 1.94 bits per heavy atom. The van der Waals surface area contributed by atoms with Crippen molar-refractivity contribution in [3.8, 4) is 5.75 Å². The van der Waals surface area contributed by atoms with Gasteiger partial charge in [-0.3, -0.25) is 14.8 Å². The molecule has 1 atom stereocenters. The van der Waals surface area contributed by atoms with Gasteiger partial charge in [-0.15, -0.1) is 0 Å². The van der Waals surface area contributed by atoms with Crippen LogP contribution in [0.2, 0.25) is 0 Å². The summed E-state index contributed by atoms with van der Waals surface area (Å²) < 4.78 is 5.47. The van der Waals surface area contributed by atoms with E-state index in [-0.39, 0.29) is 6.61 Å². The zero-order chi connectivity index (χ0) is 21.8. The molecule has 0 saturated carbocycles. The van der Waals surface area contributed by atoms with Crippen LogP contribution >= 0.6 is 0 Å². The van der Waals surface area contributed by atoms with E-state index in [4.69, 9.17) is 4.74 Å². The van der Waals surface area contributed by atoms with Crippen LogP contribution in [0.1, 0.15) is 28.7 Å². The summed E-state index contributed by atoms with van der Waals surface area (Å²) in [4.78, 5) is 9.47. The summed E-state index contributed by atoms with van der Waals surface area (Å²) >= 11 is 0. The van der Waals surface area contributed by atoms with Gasteiger partial charge in [0.2, 0.25) is 0 Å². The van der Waals surface area contributed by atoms with Crippen LogP contribution in [-0.2, 0) is 13.1 Å². The second-order valence-corrected chi connectivity index (χ2v) is 8.58. The highest BCUT2D eigenvalue weighted by Crippen LogP contribution is 2.27. The van der Waals surface area contributed by atoms with Crippen LogP contribution in [0.4, 0.5) is 0 Å². The summed E-state index contributed by atoms with van der Waals surface area (Å²) in [5.74, 6) is 0.948. The highest BCUT2D eigenvalue weighted by molar-refractivity contribution is 5.78. The lowest BCUT2D eigenvalue weighted by atomic mass is 10.00. The third kappa shape index (κ3) is 4.90. The molecule has 164 valence electrons. The Balaban J connectivity index is 1.45. The number of benzene rings is 2. The van der Waals surface area contributed by atoms with Crippen molar-refractivity contribution >= 4 is 10.9 Å². The molecule has 1 aliphatic rings. The van der Waals surface area contributed by atoms with Crippen molar-refractivity contribution in [2.75, 3.05) is 33.4 Å². The smallest absolute Gasteiger partial charge is 0.122 e. The van der Waals surface area contributed by atoms with Crippen molar-refractivity contribution in [1.82, 2.24) is 14.8 Å². The molecule has 1 N–H and O–H groups in total. The Morgan fingerprint density at radius 3 is 2.74 bits per heavy atom. The van der Waals surface area contributed by atoms with E-state index in [0.717, 1.165) is 50.4 Å². The SMILES string of the molecule is COc1ccc(CN2CCN(Cc3ccc4ncccc4c3)C[C@@H]2CCO)c(C)c1C. The van der Waals surface area contributed by atoms with E-state index in [2.05, 4.69) is 65.0 Å². The van der Waals surface area contributed by atoms with Crippen LogP contribution in [0.15, 0.2) is 48.7 Å². The summed E-state index contributed by atoms with van der Waals surface area (Å²) in [5.41, 5.74) is 6.21. The summed E-state index contributed by atoms with van der Waals surface area (Å²) in [7, 11) is 1.73. The minimum Gasteiger partial charge on any atom is -0.496 e. The number of nitrogens with zero attached hydrogens (tertiary/aromatic N) is 3. The Morgan fingerprint density at radius 1 is 1.06 bits per heavy atom. The maximum Gasteiger partial charge on any atom is 0.122 e. The molecule has 1 saturated heterocycles. The van der Waals surface area contributed by atoms with Crippen molar-refractivity contribution < 1.29 is 9.84 Å². The van der Waals surface area contributed by atoms with Gasteiger partial charge in [-0.2, -0.15) is 0 Å². The Bertz CT molecular complexity index is 1040. The first kappa shape index (κ1) is 21.8.